The van der Waals surface area contributed by atoms with Crippen molar-refractivity contribution in [3.63, 3.8) is 0 Å². The van der Waals surface area contributed by atoms with E-state index in [1.807, 2.05) is 0 Å². The maximum atomic E-state index is 10.0. The fourth-order valence-corrected chi connectivity index (χ4v) is 1.02. The average molecular weight is 180 g/mol. The van der Waals surface area contributed by atoms with E-state index < -0.39 is 13.1 Å². The van der Waals surface area contributed by atoms with Crippen LogP contribution in [0, 0.1) is 0 Å². The summed E-state index contributed by atoms with van der Waals surface area (Å²) in [5.41, 5.74) is 0.546. The van der Waals surface area contributed by atoms with Crippen molar-refractivity contribution in [3.8, 4) is 0 Å². The summed E-state index contributed by atoms with van der Waals surface area (Å²) in [4.78, 5) is 10.0. The lowest BCUT2D eigenvalue weighted by Gasteiger charge is -2.13. The molecule has 2 N–H and O–H groups in total. The number of benzene rings is 1. The summed E-state index contributed by atoms with van der Waals surface area (Å²) < 4.78 is 4.51. The van der Waals surface area contributed by atoms with Crippen molar-refractivity contribution >= 4 is 13.6 Å². The minimum absolute atomic E-state index is 0.192. The van der Waals surface area contributed by atoms with Gasteiger partial charge >= 0.3 is 7.12 Å². The van der Waals surface area contributed by atoms with Gasteiger partial charge in [-0.25, -0.2) is 0 Å². The SMILES string of the molecule is O=COC(B(O)O)c1ccccc1. The Bertz CT molecular complexity index is 262. The van der Waals surface area contributed by atoms with Crippen LogP contribution >= 0.6 is 0 Å². The third kappa shape index (κ3) is 2.57. The van der Waals surface area contributed by atoms with Gasteiger partial charge in [-0.2, -0.15) is 0 Å². The van der Waals surface area contributed by atoms with Crippen LogP contribution in [0.25, 0.3) is 0 Å². The van der Waals surface area contributed by atoms with Gasteiger partial charge < -0.3 is 14.8 Å². The van der Waals surface area contributed by atoms with E-state index >= 15 is 0 Å². The van der Waals surface area contributed by atoms with E-state index in [0.29, 0.717) is 5.56 Å². The van der Waals surface area contributed by atoms with Crippen molar-refractivity contribution in [2.45, 2.75) is 6.00 Å². The topological polar surface area (TPSA) is 66.8 Å². The van der Waals surface area contributed by atoms with Crippen LogP contribution in [0.2, 0.25) is 0 Å². The van der Waals surface area contributed by atoms with E-state index in [9.17, 15) is 4.79 Å². The molecule has 0 aliphatic rings. The third-order valence-electron chi connectivity index (χ3n) is 1.60. The second-order valence-corrected chi connectivity index (χ2v) is 2.48. The summed E-state index contributed by atoms with van der Waals surface area (Å²) in [5, 5.41) is 17.7. The molecule has 1 aromatic rings. The van der Waals surface area contributed by atoms with Crippen molar-refractivity contribution in [1.82, 2.24) is 0 Å². The fourth-order valence-electron chi connectivity index (χ4n) is 1.02. The van der Waals surface area contributed by atoms with E-state index in [2.05, 4.69) is 4.74 Å². The summed E-state index contributed by atoms with van der Waals surface area (Å²) in [6.45, 7) is 0.192. The summed E-state index contributed by atoms with van der Waals surface area (Å²) in [5.74, 6) is 0. The maximum absolute atomic E-state index is 10.0. The molecule has 4 nitrogen and oxygen atoms in total. The van der Waals surface area contributed by atoms with Gasteiger partial charge in [-0.1, -0.05) is 30.3 Å². The predicted octanol–water partition coefficient (Wildman–Crippen LogP) is -0.0873. The van der Waals surface area contributed by atoms with E-state index in [1.54, 1.807) is 30.3 Å². The smallest absolute Gasteiger partial charge is 0.462 e. The largest absolute Gasteiger partial charge is 0.500 e. The standard InChI is InChI=1S/C8H9BO4/c10-6-13-8(9(11)12)7-4-2-1-3-5-7/h1-6,8,11-12H. The molecule has 0 aliphatic carbocycles. The molecule has 0 amide bonds. The second kappa shape index (κ2) is 4.64. The first kappa shape index (κ1) is 9.76. The van der Waals surface area contributed by atoms with Gasteiger partial charge in [-0.15, -0.1) is 0 Å². The Labute approximate surface area is 75.9 Å². The molecule has 0 aromatic heterocycles. The first-order valence-corrected chi connectivity index (χ1v) is 3.76. The molecule has 0 heterocycles. The van der Waals surface area contributed by atoms with Gasteiger partial charge in [-0.05, 0) is 5.56 Å². The number of carbonyl (C=O) groups is 1. The van der Waals surface area contributed by atoms with Crippen LogP contribution in [-0.4, -0.2) is 23.6 Å². The van der Waals surface area contributed by atoms with E-state index in [-0.39, 0.29) is 6.47 Å². The lowest BCUT2D eigenvalue weighted by Crippen LogP contribution is -2.25. The number of hydrogen-bond donors (Lipinski definition) is 2. The van der Waals surface area contributed by atoms with E-state index in [0.717, 1.165) is 0 Å². The monoisotopic (exact) mass is 180 g/mol. The Morgan fingerprint density at radius 2 is 1.92 bits per heavy atom. The van der Waals surface area contributed by atoms with Gasteiger partial charge in [0.2, 0.25) is 0 Å². The van der Waals surface area contributed by atoms with Crippen LogP contribution in [-0.2, 0) is 9.53 Å². The molecule has 1 aromatic carbocycles. The van der Waals surface area contributed by atoms with Gasteiger partial charge in [-0.3, -0.25) is 4.79 Å². The highest BCUT2D eigenvalue weighted by atomic mass is 16.5. The molecule has 0 saturated heterocycles. The molecule has 5 heteroatoms. The van der Waals surface area contributed by atoms with Crippen LogP contribution in [0.1, 0.15) is 11.6 Å². The van der Waals surface area contributed by atoms with Crippen LogP contribution in [0.3, 0.4) is 0 Å². The molecule has 0 aliphatic heterocycles. The Balaban J connectivity index is 2.82. The van der Waals surface area contributed by atoms with Crippen molar-refractivity contribution in [3.05, 3.63) is 35.9 Å². The molecule has 68 valence electrons. The summed E-state index contributed by atoms with van der Waals surface area (Å²) in [7, 11) is -1.70. The van der Waals surface area contributed by atoms with Crippen molar-refractivity contribution in [1.29, 1.82) is 0 Å². The molecule has 0 fully saturated rings. The van der Waals surface area contributed by atoms with Gasteiger partial charge in [0.05, 0.1) is 0 Å². The zero-order valence-corrected chi connectivity index (χ0v) is 6.83. The average Bonchev–Trinajstić information content (AvgIpc) is 2.15. The van der Waals surface area contributed by atoms with Gasteiger partial charge in [0.25, 0.3) is 6.47 Å². The minimum Gasteiger partial charge on any atom is -0.462 e. The van der Waals surface area contributed by atoms with Gasteiger partial charge in [0.1, 0.15) is 0 Å². The van der Waals surface area contributed by atoms with Gasteiger partial charge in [0, 0.05) is 0 Å². The highest BCUT2D eigenvalue weighted by Gasteiger charge is 2.26. The lowest BCUT2D eigenvalue weighted by molar-refractivity contribution is -0.131. The fraction of sp³-hybridized carbons (Fsp3) is 0.125. The molecule has 0 radical (unpaired) electrons. The molecule has 13 heavy (non-hydrogen) atoms. The molecular formula is C8H9BO4. The Hall–Kier alpha value is -1.33. The molecule has 1 unspecified atom stereocenters. The molecule has 1 atom stereocenters. The van der Waals surface area contributed by atoms with Crippen LogP contribution in [0.15, 0.2) is 30.3 Å². The summed E-state index contributed by atoms with van der Waals surface area (Å²) in [6.07, 6.45) is 0. The third-order valence-corrected chi connectivity index (χ3v) is 1.60. The summed E-state index contributed by atoms with van der Waals surface area (Å²) in [6, 6.07) is 7.50. The lowest BCUT2D eigenvalue weighted by atomic mass is 9.78. The quantitative estimate of drug-likeness (QED) is 0.502. The Morgan fingerprint density at radius 3 is 2.38 bits per heavy atom. The number of ether oxygens (including phenoxy) is 1. The van der Waals surface area contributed by atoms with Crippen LogP contribution in [0.5, 0.6) is 0 Å². The van der Waals surface area contributed by atoms with Crippen molar-refractivity contribution in [2.24, 2.45) is 0 Å². The molecule has 0 saturated carbocycles. The highest BCUT2D eigenvalue weighted by Crippen LogP contribution is 2.16. The molecule has 0 bridgehead atoms. The number of carbonyl (C=O) groups excluding carboxylic acids is 1. The van der Waals surface area contributed by atoms with E-state index in [1.165, 1.54) is 0 Å². The highest BCUT2D eigenvalue weighted by molar-refractivity contribution is 6.42. The summed E-state index contributed by atoms with van der Waals surface area (Å²) >= 11 is 0. The number of rotatable bonds is 4. The zero-order valence-electron chi connectivity index (χ0n) is 6.83. The van der Waals surface area contributed by atoms with Gasteiger partial charge in [0.15, 0.2) is 6.00 Å². The normalized spacial score (nSPS) is 11.8. The van der Waals surface area contributed by atoms with E-state index in [4.69, 9.17) is 10.0 Å². The molecule has 0 spiro atoms. The van der Waals surface area contributed by atoms with Crippen molar-refractivity contribution < 1.29 is 19.6 Å². The first-order chi connectivity index (χ1) is 6.25. The minimum atomic E-state index is -1.70. The predicted molar refractivity (Wildman–Crippen MR) is 46.5 cm³/mol. The van der Waals surface area contributed by atoms with Crippen LogP contribution < -0.4 is 0 Å². The van der Waals surface area contributed by atoms with Crippen LogP contribution in [0.4, 0.5) is 0 Å². The van der Waals surface area contributed by atoms with Crippen molar-refractivity contribution in [2.75, 3.05) is 0 Å². The zero-order chi connectivity index (χ0) is 9.68. The molecular weight excluding hydrogens is 171 g/mol. The Morgan fingerprint density at radius 1 is 1.31 bits per heavy atom. The second-order valence-electron chi connectivity index (χ2n) is 2.48. The number of hydrogen-bond acceptors (Lipinski definition) is 4. The first-order valence-electron chi connectivity index (χ1n) is 3.76. The molecule has 1 rings (SSSR count). The Kier molecular flexibility index (Phi) is 3.48. The maximum Gasteiger partial charge on any atom is 0.500 e.